The molecule has 2 aromatic heterocycles. The van der Waals surface area contributed by atoms with Crippen LogP contribution in [-0.4, -0.2) is 14.5 Å². The molecule has 0 aliphatic heterocycles. The van der Waals surface area contributed by atoms with E-state index < -0.39 is 0 Å². The third kappa shape index (κ3) is 2.42. The van der Waals surface area contributed by atoms with Crippen molar-refractivity contribution in [1.82, 2.24) is 9.55 Å². The van der Waals surface area contributed by atoms with Crippen LogP contribution in [0.15, 0.2) is 48.7 Å². The maximum atomic E-state index is 5.71. The van der Waals surface area contributed by atoms with Gasteiger partial charge in [0.2, 0.25) is 0 Å². The van der Waals surface area contributed by atoms with E-state index in [0.29, 0.717) is 4.99 Å². The van der Waals surface area contributed by atoms with Gasteiger partial charge in [-0.15, -0.1) is 0 Å². The first-order valence-electron chi connectivity index (χ1n) is 6.45. The van der Waals surface area contributed by atoms with Crippen LogP contribution >= 0.6 is 12.2 Å². The van der Waals surface area contributed by atoms with E-state index in [1.165, 1.54) is 5.39 Å². The summed E-state index contributed by atoms with van der Waals surface area (Å²) in [5.41, 5.74) is 9.80. The van der Waals surface area contributed by atoms with E-state index in [-0.39, 0.29) is 0 Å². The Kier molecular flexibility index (Phi) is 3.24. The van der Waals surface area contributed by atoms with Crippen molar-refractivity contribution < 1.29 is 0 Å². The molecule has 0 fully saturated rings. The fourth-order valence-electron chi connectivity index (χ4n) is 2.34. The van der Waals surface area contributed by atoms with Crippen molar-refractivity contribution in [3.63, 3.8) is 0 Å². The van der Waals surface area contributed by atoms with Crippen LogP contribution < -0.4 is 5.73 Å². The lowest BCUT2D eigenvalue weighted by Crippen LogP contribution is -2.09. The normalized spacial score (nSPS) is 10.8. The molecule has 0 radical (unpaired) electrons. The molecule has 1 aromatic carbocycles. The largest absolute Gasteiger partial charge is 0.389 e. The van der Waals surface area contributed by atoms with E-state index in [4.69, 9.17) is 18.0 Å². The van der Waals surface area contributed by atoms with Crippen LogP contribution in [0.25, 0.3) is 10.9 Å². The summed E-state index contributed by atoms with van der Waals surface area (Å²) in [6, 6.07) is 14.2. The first-order valence-corrected chi connectivity index (χ1v) is 6.85. The molecule has 3 aromatic rings. The number of hydrogen-bond donors (Lipinski definition) is 1. The number of pyridine rings is 1. The molecule has 0 saturated heterocycles. The van der Waals surface area contributed by atoms with Crippen molar-refractivity contribution in [2.75, 3.05) is 0 Å². The molecule has 3 rings (SSSR count). The lowest BCUT2D eigenvalue weighted by atomic mass is 10.1. The maximum Gasteiger partial charge on any atom is 0.104 e. The van der Waals surface area contributed by atoms with Crippen molar-refractivity contribution in [2.24, 2.45) is 5.73 Å². The van der Waals surface area contributed by atoms with Gasteiger partial charge in [-0.2, -0.15) is 0 Å². The fraction of sp³-hybridized carbons (Fsp3) is 0.125. The SMILES string of the molecule is Cc1cccc(Cn2ccc3ccc(C(N)=S)cc32)n1. The van der Waals surface area contributed by atoms with Gasteiger partial charge in [-0.1, -0.05) is 30.4 Å². The second-order valence-corrected chi connectivity index (χ2v) is 5.29. The fourth-order valence-corrected chi connectivity index (χ4v) is 2.46. The van der Waals surface area contributed by atoms with Crippen LogP contribution in [0.3, 0.4) is 0 Å². The lowest BCUT2D eigenvalue weighted by Gasteiger charge is -2.07. The van der Waals surface area contributed by atoms with Gasteiger partial charge in [-0.25, -0.2) is 0 Å². The Hall–Kier alpha value is -2.20. The number of aromatic nitrogens is 2. The topological polar surface area (TPSA) is 43.8 Å². The summed E-state index contributed by atoms with van der Waals surface area (Å²) in [7, 11) is 0. The van der Waals surface area contributed by atoms with Crippen LogP contribution in [0, 0.1) is 6.92 Å². The van der Waals surface area contributed by atoms with Crippen LogP contribution in [0.5, 0.6) is 0 Å². The van der Waals surface area contributed by atoms with Gasteiger partial charge in [0.05, 0.1) is 12.2 Å². The molecule has 4 heteroatoms. The van der Waals surface area contributed by atoms with Crippen LogP contribution in [0.4, 0.5) is 0 Å². The molecule has 2 N–H and O–H groups in total. The second kappa shape index (κ2) is 5.06. The number of fused-ring (bicyclic) bond motifs is 1. The average Bonchev–Trinajstić information content (AvgIpc) is 2.81. The zero-order valence-electron chi connectivity index (χ0n) is 11.2. The predicted octanol–water partition coefficient (Wildman–Crippen LogP) is 3.03. The van der Waals surface area contributed by atoms with Crippen molar-refractivity contribution in [2.45, 2.75) is 13.5 Å². The number of benzene rings is 1. The highest BCUT2D eigenvalue weighted by Gasteiger charge is 2.05. The van der Waals surface area contributed by atoms with Crippen molar-refractivity contribution >= 4 is 28.1 Å². The van der Waals surface area contributed by atoms with E-state index in [9.17, 15) is 0 Å². The molecular formula is C16H15N3S. The van der Waals surface area contributed by atoms with Gasteiger partial charge in [-0.3, -0.25) is 4.98 Å². The number of hydrogen-bond acceptors (Lipinski definition) is 2. The third-order valence-electron chi connectivity index (χ3n) is 3.34. The van der Waals surface area contributed by atoms with E-state index in [1.807, 2.05) is 43.3 Å². The molecule has 100 valence electrons. The first kappa shape index (κ1) is 12.8. The number of thiocarbonyl (C=S) groups is 1. The highest BCUT2D eigenvalue weighted by molar-refractivity contribution is 7.80. The third-order valence-corrected chi connectivity index (χ3v) is 3.57. The Morgan fingerprint density at radius 2 is 2.10 bits per heavy atom. The minimum absolute atomic E-state index is 0.424. The second-order valence-electron chi connectivity index (χ2n) is 4.85. The van der Waals surface area contributed by atoms with Gasteiger partial charge in [-0.05, 0) is 36.6 Å². The van der Waals surface area contributed by atoms with Gasteiger partial charge in [0.25, 0.3) is 0 Å². The van der Waals surface area contributed by atoms with Gasteiger partial charge in [0.15, 0.2) is 0 Å². The zero-order valence-corrected chi connectivity index (χ0v) is 12.0. The summed E-state index contributed by atoms with van der Waals surface area (Å²) in [6.07, 6.45) is 2.07. The first-order chi connectivity index (χ1) is 9.63. The van der Waals surface area contributed by atoms with Crippen molar-refractivity contribution in [3.05, 3.63) is 65.6 Å². The summed E-state index contributed by atoms with van der Waals surface area (Å²) in [4.78, 5) is 4.97. The molecule has 0 aliphatic rings. The van der Waals surface area contributed by atoms with Gasteiger partial charge >= 0.3 is 0 Å². The van der Waals surface area contributed by atoms with E-state index in [0.717, 1.165) is 29.0 Å². The smallest absolute Gasteiger partial charge is 0.104 e. The summed E-state index contributed by atoms with van der Waals surface area (Å²) in [5.74, 6) is 0. The molecule has 20 heavy (non-hydrogen) atoms. The van der Waals surface area contributed by atoms with Gasteiger partial charge in [0, 0.05) is 23.0 Å². The van der Waals surface area contributed by atoms with Crippen LogP contribution in [0.2, 0.25) is 0 Å². The highest BCUT2D eigenvalue weighted by atomic mass is 32.1. The summed E-state index contributed by atoms with van der Waals surface area (Å²) in [6.45, 7) is 2.74. The van der Waals surface area contributed by atoms with Crippen molar-refractivity contribution in [3.8, 4) is 0 Å². The average molecular weight is 281 g/mol. The zero-order chi connectivity index (χ0) is 14.1. The van der Waals surface area contributed by atoms with Crippen LogP contribution in [-0.2, 0) is 6.54 Å². The Morgan fingerprint density at radius 1 is 1.25 bits per heavy atom. The minimum Gasteiger partial charge on any atom is -0.389 e. The van der Waals surface area contributed by atoms with Gasteiger partial charge in [0.1, 0.15) is 4.99 Å². The Morgan fingerprint density at radius 3 is 2.85 bits per heavy atom. The Bertz CT molecular complexity index is 789. The molecule has 0 unspecified atom stereocenters. The monoisotopic (exact) mass is 281 g/mol. The molecule has 3 nitrogen and oxygen atoms in total. The van der Waals surface area contributed by atoms with E-state index in [1.54, 1.807) is 0 Å². The number of nitrogens with zero attached hydrogens (tertiary/aromatic N) is 2. The van der Waals surface area contributed by atoms with Crippen LogP contribution in [0.1, 0.15) is 17.0 Å². The number of rotatable bonds is 3. The molecule has 0 spiro atoms. The summed E-state index contributed by atoms with van der Waals surface area (Å²) in [5, 5.41) is 1.18. The standard InChI is InChI=1S/C16H15N3S/c1-11-3-2-4-14(18-11)10-19-8-7-12-5-6-13(16(17)20)9-15(12)19/h2-9H,10H2,1H3,(H2,17,20). The molecule has 0 aliphatic carbocycles. The van der Waals surface area contributed by atoms with Gasteiger partial charge < -0.3 is 10.3 Å². The Labute approximate surface area is 123 Å². The maximum absolute atomic E-state index is 5.71. The quantitative estimate of drug-likeness (QED) is 0.750. The molecule has 0 atom stereocenters. The molecule has 0 saturated carbocycles. The Balaban J connectivity index is 2.03. The van der Waals surface area contributed by atoms with E-state index >= 15 is 0 Å². The van der Waals surface area contributed by atoms with E-state index in [2.05, 4.69) is 21.8 Å². The highest BCUT2D eigenvalue weighted by Crippen LogP contribution is 2.19. The molecular weight excluding hydrogens is 266 g/mol. The lowest BCUT2D eigenvalue weighted by molar-refractivity contribution is 0.802. The number of nitrogens with two attached hydrogens (primary N) is 1. The number of aryl methyl sites for hydroxylation is 1. The minimum atomic E-state index is 0.424. The van der Waals surface area contributed by atoms with Crippen molar-refractivity contribution in [1.29, 1.82) is 0 Å². The predicted molar refractivity (Wildman–Crippen MR) is 85.9 cm³/mol. The molecule has 0 bridgehead atoms. The summed E-state index contributed by atoms with van der Waals surface area (Å²) < 4.78 is 2.17. The molecule has 0 amide bonds. The summed E-state index contributed by atoms with van der Waals surface area (Å²) >= 11 is 5.05. The molecule has 2 heterocycles.